The highest BCUT2D eigenvalue weighted by Crippen LogP contribution is 2.18. The van der Waals surface area contributed by atoms with Gasteiger partial charge in [-0.25, -0.2) is 13.4 Å². The van der Waals surface area contributed by atoms with E-state index in [1.54, 1.807) is 24.4 Å². The normalized spacial score (nSPS) is 16.7. The summed E-state index contributed by atoms with van der Waals surface area (Å²) in [7, 11) is -3.55. The molecule has 0 atom stereocenters. The van der Waals surface area contributed by atoms with Crippen molar-refractivity contribution in [3.05, 3.63) is 30.1 Å². The van der Waals surface area contributed by atoms with E-state index in [9.17, 15) is 13.2 Å². The van der Waals surface area contributed by atoms with Gasteiger partial charge in [0.05, 0.1) is 18.7 Å². The van der Waals surface area contributed by atoms with Crippen molar-refractivity contribution >= 4 is 21.3 Å². The second-order valence-corrected chi connectivity index (χ2v) is 8.98. The van der Waals surface area contributed by atoms with E-state index in [1.165, 1.54) is 4.40 Å². The first-order chi connectivity index (χ1) is 12.2. The van der Waals surface area contributed by atoms with E-state index in [-0.39, 0.29) is 22.3 Å². The summed E-state index contributed by atoms with van der Waals surface area (Å²) >= 11 is 0. The Hall–Kier alpha value is -1.97. The number of ether oxygens (including phenoxy) is 1. The molecule has 0 aliphatic carbocycles. The monoisotopic (exact) mass is 380 g/mol. The molecule has 0 saturated carbocycles. The topological polar surface area (TPSA) is 93.0 Å². The molecule has 1 fully saturated rings. The lowest BCUT2D eigenvalue weighted by molar-refractivity contribution is -0.00924. The SMILES string of the molecule is CC(C)(CNC(=O)c1nc(S(C)(=O)=O)n2ccccc12)N1CCOCC1. The van der Waals surface area contributed by atoms with E-state index in [4.69, 9.17) is 4.74 Å². The lowest BCUT2D eigenvalue weighted by atomic mass is 10.0. The quantitative estimate of drug-likeness (QED) is 0.816. The highest BCUT2D eigenvalue weighted by Gasteiger charge is 2.30. The van der Waals surface area contributed by atoms with E-state index >= 15 is 0 Å². The van der Waals surface area contributed by atoms with Crippen molar-refractivity contribution in [1.29, 1.82) is 0 Å². The van der Waals surface area contributed by atoms with Crippen molar-refractivity contribution in [1.82, 2.24) is 19.6 Å². The molecule has 0 aromatic carbocycles. The molecule has 3 rings (SSSR count). The maximum Gasteiger partial charge on any atom is 0.272 e. The second-order valence-electron chi connectivity index (χ2n) is 7.07. The number of nitrogens with zero attached hydrogens (tertiary/aromatic N) is 3. The predicted octanol–water partition coefficient (Wildman–Crippen LogP) is 0.578. The van der Waals surface area contributed by atoms with Gasteiger partial charge in [0.1, 0.15) is 0 Å². The first kappa shape index (κ1) is 18.8. The van der Waals surface area contributed by atoms with E-state index in [2.05, 4.69) is 29.0 Å². The van der Waals surface area contributed by atoms with Crippen LogP contribution >= 0.6 is 0 Å². The minimum atomic E-state index is -3.55. The number of aromatic nitrogens is 2. The number of rotatable bonds is 5. The smallest absolute Gasteiger partial charge is 0.272 e. The average molecular weight is 380 g/mol. The molecule has 0 radical (unpaired) electrons. The highest BCUT2D eigenvalue weighted by atomic mass is 32.2. The molecule has 1 aliphatic rings. The Morgan fingerprint density at radius 2 is 2.00 bits per heavy atom. The van der Waals surface area contributed by atoms with Crippen LogP contribution in [-0.4, -0.2) is 73.3 Å². The first-order valence-corrected chi connectivity index (χ1v) is 10.4. The number of carbonyl (C=O) groups is 1. The fourth-order valence-electron chi connectivity index (χ4n) is 3.10. The van der Waals surface area contributed by atoms with Gasteiger partial charge in [-0.3, -0.25) is 14.1 Å². The van der Waals surface area contributed by atoms with Gasteiger partial charge in [-0.15, -0.1) is 0 Å². The van der Waals surface area contributed by atoms with Crippen molar-refractivity contribution in [3.8, 4) is 0 Å². The summed E-state index contributed by atoms with van der Waals surface area (Å²) in [6, 6.07) is 5.13. The number of nitrogens with one attached hydrogen (secondary N) is 1. The van der Waals surface area contributed by atoms with Crippen LogP contribution in [0, 0.1) is 0 Å². The lowest BCUT2D eigenvalue weighted by Crippen LogP contribution is -2.55. The molecule has 0 bridgehead atoms. The third-order valence-electron chi connectivity index (χ3n) is 4.61. The molecule has 8 nitrogen and oxygen atoms in total. The van der Waals surface area contributed by atoms with Crippen molar-refractivity contribution in [3.63, 3.8) is 0 Å². The highest BCUT2D eigenvalue weighted by molar-refractivity contribution is 7.90. The van der Waals surface area contributed by atoms with Gasteiger partial charge in [0.15, 0.2) is 5.69 Å². The van der Waals surface area contributed by atoms with Crippen LogP contribution in [0.15, 0.2) is 29.6 Å². The van der Waals surface area contributed by atoms with E-state index in [0.29, 0.717) is 25.3 Å². The Balaban J connectivity index is 1.82. The molecule has 142 valence electrons. The fourth-order valence-corrected chi connectivity index (χ4v) is 3.87. The summed E-state index contributed by atoms with van der Waals surface area (Å²) in [5.74, 6) is -0.384. The third-order valence-corrected chi connectivity index (χ3v) is 5.56. The summed E-state index contributed by atoms with van der Waals surface area (Å²) in [6.07, 6.45) is 2.67. The van der Waals surface area contributed by atoms with E-state index in [0.717, 1.165) is 19.3 Å². The van der Waals surface area contributed by atoms with E-state index < -0.39 is 9.84 Å². The second kappa shape index (κ2) is 6.98. The molecule has 1 N–H and O–H groups in total. The van der Waals surface area contributed by atoms with Gasteiger partial charge in [0, 0.05) is 37.6 Å². The predicted molar refractivity (Wildman–Crippen MR) is 97.1 cm³/mol. The Kier molecular flexibility index (Phi) is 5.05. The number of hydrogen-bond acceptors (Lipinski definition) is 6. The van der Waals surface area contributed by atoms with Crippen LogP contribution in [0.2, 0.25) is 0 Å². The van der Waals surface area contributed by atoms with Gasteiger partial charge in [-0.05, 0) is 26.0 Å². The van der Waals surface area contributed by atoms with Gasteiger partial charge in [0.2, 0.25) is 15.0 Å². The fraction of sp³-hybridized carbons (Fsp3) is 0.529. The molecule has 0 spiro atoms. The lowest BCUT2D eigenvalue weighted by Gasteiger charge is -2.40. The van der Waals surface area contributed by atoms with Gasteiger partial charge in [-0.1, -0.05) is 6.07 Å². The molecule has 2 aromatic rings. The van der Waals surface area contributed by atoms with Gasteiger partial charge < -0.3 is 10.1 Å². The largest absolute Gasteiger partial charge is 0.379 e. The van der Waals surface area contributed by atoms with Gasteiger partial charge >= 0.3 is 0 Å². The van der Waals surface area contributed by atoms with Crippen LogP contribution in [0.3, 0.4) is 0 Å². The molecule has 0 unspecified atom stereocenters. The molecular weight excluding hydrogens is 356 g/mol. The van der Waals surface area contributed by atoms with Crippen molar-refractivity contribution in [2.75, 3.05) is 39.1 Å². The summed E-state index contributed by atoms with van der Waals surface area (Å²) < 4.78 is 30.7. The standard InChI is InChI=1S/C17H24N4O4S/c1-17(2,20-8-10-25-11-9-20)12-18-15(22)14-13-6-4-5-7-21(13)16(19-14)26(3,23)24/h4-7H,8-12H2,1-3H3,(H,18,22). The van der Waals surface area contributed by atoms with E-state index in [1.807, 2.05) is 0 Å². The summed E-state index contributed by atoms with van der Waals surface area (Å²) in [4.78, 5) is 19.1. The minimum absolute atomic E-state index is 0.115. The Bertz CT molecular complexity index is 914. The number of hydrogen-bond donors (Lipinski definition) is 1. The third kappa shape index (κ3) is 3.74. The molecule has 1 amide bonds. The number of pyridine rings is 1. The molecule has 2 aromatic heterocycles. The van der Waals surface area contributed by atoms with Gasteiger partial charge in [-0.2, -0.15) is 0 Å². The van der Waals surface area contributed by atoms with Crippen LogP contribution in [0.5, 0.6) is 0 Å². The van der Waals surface area contributed by atoms with Crippen LogP contribution in [0.4, 0.5) is 0 Å². The van der Waals surface area contributed by atoms with Crippen molar-refractivity contribution in [2.24, 2.45) is 0 Å². The van der Waals surface area contributed by atoms with Gasteiger partial charge in [0.25, 0.3) is 5.91 Å². The summed E-state index contributed by atoms with van der Waals surface area (Å²) in [5, 5.41) is 2.77. The minimum Gasteiger partial charge on any atom is -0.379 e. The molecule has 3 heterocycles. The Labute approximate surface area is 153 Å². The van der Waals surface area contributed by atoms with Crippen LogP contribution in [-0.2, 0) is 14.6 Å². The Morgan fingerprint density at radius 3 is 2.65 bits per heavy atom. The molecular formula is C17H24N4O4S. The maximum atomic E-state index is 12.7. The summed E-state index contributed by atoms with van der Waals surface area (Å²) in [6.45, 7) is 7.54. The number of sulfone groups is 1. The van der Waals surface area contributed by atoms with Crippen LogP contribution in [0.25, 0.3) is 5.52 Å². The van der Waals surface area contributed by atoms with Crippen molar-refractivity contribution < 1.29 is 17.9 Å². The number of imidazole rings is 1. The molecule has 1 saturated heterocycles. The van der Waals surface area contributed by atoms with Crippen LogP contribution in [0.1, 0.15) is 24.3 Å². The van der Waals surface area contributed by atoms with Crippen LogP contribution < -0.4 is 5.32 Å². The number of morpholine rings is 1. The zero-order valence-electron chi connectivity index (χ0n) is 15.2. The zero-order valence-corrected chi connectivity index (χ0v) is 16.0. The maximum absolute atomic E-state index is 12.7. The number of carbonyl (C=O) groups excluding carboxylic acids is 1. The molecule has 1 aliphatic heterocycles. The number of fused-ring (bicyclic) bond motifs is 1. The molecule has 26 heavy (non-hydrogen) atoms. The number of amides is 1. The average Bonchev–Trinajstić information content (AvgIpc) is 3.01. The summed E-state index contributed by atoms with van der Waals surface area (Å²) in [5.41, 5.74) is 0.340. The molecule has 9 heteroatoms. The first-order valence-electron chi connectivity index (χ1n) is 8.48. The van der Waals surface area contributed by atoms with Crippen molar-refractivity contribution in [2.45, 2.75) is 24.5 Å². The zero-order chi connectivity index (χ0) is 18.9. The Morgan fingerprint density at radius 1 is 1.31 bits per heavy atom.